The average Bonchev–Trinajstić information content (AvgIpc) is 2.16. The van der Waals surface area contributed by atoms with Gasteiger partial charge in [-0.1, -0.05) is 6.07 Å². The van der Waals surface area contributed by atoms with Crippen LogP contribution in [-0.4, -0.2) is 13.7 Å². The van der Waals surface area contributed by atoms with Gasteiger partial charge in [0.15, 0.2) is 0 Å². The van der Waals surface area contributed by atoms with Crippen molar-refractivity contribution >= 4 is 0 Å². The Labute approximate surface area is 83.1 Å². The van der Waals surface area contributed by atoms with Crippen LogP contribution >= 0.6 is 0 Å². The zero-order valence-electron chi connectivity index (χ0n) is 8.43. The fourth-order valence-electron chi connectivity index (χ4n) is 1.88. The van der Waals surface area contributed by atoms with Crippen LogP contribution in [0.3, 0.4) is 0 Å². The molecule has 0 bridgehead atoms. The van der Waals surface area contributed by atoms with Crippen molar-refractivity contribution in [3.05, 3.63) is 29.3 Å². The largest absolute Gasteiger partial charge is 0.497 e. The summed E-state index contributed by atoms with van der Waals surface area (Å²) in [5.41, 5.74) is 0.498. The van der Waals surface area contributed by atoms with Crippen LogP contribution in [0.4, 0.5) is 4.39 Å². The number of fused-ring (bicyclic) bond motifs is 1. The molecule has 1 aromatic carbocycles. The molecule has 3 heteroatoms. The fraction of sp³-hybridized carbons (Fsp3) is 0.455. The van der Waals surface area contributed by atoms with Gasteiger partial charge in [-0.2, -0.15) is 0 Å². The highest BCUT2D eigenvalue weighted by molar-refractivity contribution is 5.40. The van der Waals surface area contributed by atoms with Crippen LogP contribution in [0.25, 0.3) is 0 Å². The number of ether oxygens (including phenoxy) is 1. The molecule has 1 aromatic rings. The molecule has 0 saturated carbocycles. The number of hydrogen-bond acceptors (Lipinski definition) is 2. The molecule has 2 rings (SSSR count). The first-order valence-corrected chi connectivity index (χ1v) is 4.70. The lowest BCUT2D eigenvalue weighted by atomic mass is 9.89. The molecule has 1 atom stereocenters. The minimum atomic E-state index is -1.26. The molecule has 0 saturated heterocycles. The van der Waals surface area contributed by atoms with Gasteiger partial charge in [-0.05, 0) is 30.2 Å². The number of nitrogens with one attached hydrogen (secondary N) is 1. The van der Waals surface area contributed by atoms with Gasteiger partial charge in [-0.25, -0.2) is 4.39 Å². The van der Waals surface area contributed by atoms with Crippen LogP contribution in [0, 0.1) is 0 Å². The van der Waals surface area contributed by atoms with Gasteiger partial charge in [-0.15, -0.1) is 0 Å². The van der Waals surface area contributed by atoms with Gasteiger partial charge >= 0.3 is 0 Å². The van der Waals surface area contributed by atoms with Gasteiger partial charge in [0.25, 0.3) is 0 Å². The van der Waals surface area contributed by atoms with E-state index in [1.54, 1.807) is 14.0 Å². The van der Waals surface area contributed by atoms with Crippen LogP contribution < -0.4 is 10.1 Å². The van der Waals surface area contributed by atoms with E-state index >= 15 is 0 Å². The van der Waals surface area contributed by atoms with Crippen molar-refractivity contribution in [3.8, 4) is 5.75 Å². The third-order valence-corrected chi connectivity index (χ3v) is 2.65. The van der Waals surface area contributed by atoms with Crippen molar-refractivity contribution in [2.24, 2.45) is 0 Å². The molecule has 1 aliphatic rings. The van der Waals surface area contributed by atoms with Gasteiger partial charge in [-0.3, -0.25) is 0 Å². The molecule has 0 fully saturated rings. The van der Waals surface area contributed by atoms with E-state index in [0.29, 0.717) is 13.1 Å². The maximum absolute atomic E-state index is 14.0. The standard InChI is InChI=1S/C11H14FNO/c1-11(12)7-13-6-8-5-9(14-2)3-4-10(8)11/h3-5,13H,6-7H2,1-2H3. The number of benzene rings is 1. The highest BCUT2D eigenvalue weighted by Crippen LogP contribution is 2.33. The average molecular weight is 195 g/mol. The zero-order valence-corrected chi connectivity index (χ0v) is 8.43. The second kappa shape index (κ2) is 3.24. The van der Waals surface area contributed by atoms with E-state index in [2.05, 4.69) is 5.32 Å². The predicted molar refractivity (Wildman–Crippen MR) is 53.2 cm³/mol. The first-order valence-electron chi connectivity index (χ1n) is 4.70. The van der Waals surface area contributed by atoms with Crippen LogP contribution in [0.5, 0.6) is 5.75 Å². The van der Waals surface area contributed by atoms with Gasteiger partial charge in [0.1, 0.15) is 11.4 Å². The second-order valence-electron chi connectivity index (χ2n) is 3.82. The Bertz CT molecular complexity index is 349. The normalized spacial score (nSPS) is 25.6. The molecule has 0 spiro atoms. The third-order valence-electron chi connectivity index (χ3n) is 2.65. The fourth-order valence-corrected chi connectivity index (χ4v) is 1.88. The summed E-state index contributed by atoms with van der Waals surface area (Å²) in [4.78, 5) is 0. The number of halogens is 1. The monoisotopic (exact) mass is 195 g/mol. The van der Waals surface area contributed by atoms with E-state index in [1.807, 2.05) is 18.2 Å². The lowest BCUT2D eigenvalue weighted by Gasteiger charge is -2.29. The Balaban J connectivity index is 2.46. The Morgan fingerprint density at radius 1 is 1.50 bits per heavy atom. The lowest BCUT2D eigenvalue weighted by Crippen LogP contribution is -2.37. The van der Waals surface area contributed by atoms with Gasteiger partial charge < -0.3 is 10.1 Å². The number of methoxy groups -OCH3 is 1. The van der Waals surface area contributed by atoms with Crippen molar-refractivity contribution in [2.75, 3.05) is 13.7 Å². The predicted octanol–water partition coefficient (Wildman–Crippen LogP) is 1.98. The van der Waals surface area contributed by atoms with E-state index in [-0.39, 0.29) is 0 Å². The quantitative estimate of drug-likeness (QED) is 0.739. The molecule has 14 heavy (non-hydrogen) atoms. The number of hydrogen-bond donors (Lipinski definition) is 1. The summed E-state index contributed by atoms with van der Waals surface area (Å²) in [5, 5.41) is 3.05. The zero-order chi connectivity index (χ0) is 10.2. The van der Waals surface area contributed by atoms with E-state index in [0.717, 1.165) is 16.9 Å². The maximum atomic E-state index is 14.0. The van der Waals surface area contributed by atoms with E-state index in [1.165, 1.54) is 0 Å². The molecule has 0 aliphatic carbocycles. The lowest BCUT2D eigenvalue weighted by molar-refractivity contribution is 0.173. The Morgan fingerprint density at radius 2 is 2.29 bits per heavy atom. The molecule has 1 aliphatic heterocycles. The van der Waals surface area contributed by atoms with Crippen LogP contribution in [0.1, 0.15) is 18.1 Å². The van der Waals surface area contributed by atoms with Crippen molar-refractivity contribution in [2.45, 2.75) is 19.1 Å². The summed E-state index contributed by atoms with van der Waals surface area (Å²) in [6.07, 6.45) is 0. The molecular weight excluding hydrogens is 181 g/mol. The highest BCUT2D eigenvalue weighted by Gasteiger charge is 2.31. The molecule has 2 nitrogen and oxygen atoms in total. The third kappa shape index (κ3) is 1.48. The van der Waals surface area contributed by atoms with Crippen molar-refractivity contribution in [3.63, 3.8) is 0 Å². The van der Waals surface area contributed by atoms with Crippen LogP contribution in [0.2, 0.25) is 0 Å². The Hall–Kier alpha value is -1.09. The summed E-state index contributed by atoms with van der Waals surface area (Å²) in [6.45, 7) is 2.70. The Kier molecular flexibility index (Phi) is 2.19. The first kappa shape index (κ1) is 9.46. The molecule has 1 heterocycles. The molecule has 1 N–H and O–H groups in total. The summed E-state index contributed by atoms with van der Waals surface area (Å²) >= 11 is 0. The molecule has 0 amide bonds. The molecule has 0 aromatic heterocycles. The molecular formula is C11H14FNO. The van der Waals surface area contributed by atoms with Crippen LogP contribution in [-0.2, 0) is 12.2 Å². The molecule has 0 radical (unpaired) electrons. The maximum Gasteiger partial charge on any atom is 0.145 e. The smallest absolute Gasteiger partial charge is 0.145 e. The minimum Gasteiger partial charge on any atom is -0.497 e. The summed E-state index contributed by atoms with van der Waals surface area (Å²) in [7, 11) is 1.62. The Morgan fingerprint density at radius 3 is 3.00 bits per heavy atom. The van der Waals surface area contributed by atoms with E-state index in [4.69, 9.17) is 4.74 Å². The van der Waals surface area contributed by atoms with Gasteiger partial charge in [0.05, 0.1) is 7.11 Å². The first-order chi connectivity index (χ1) is 6.63. The molecule has 76 valence electrons. The topological polar surface area (TPSA) is 21.3 Å². The second-order valence-corrected chi connectivity index (χ2v) is 3.82. The molecule has 1 unspecified atom stereocenters. The van der Waals surface area contributed by atoms with E-state index < -0.39 is 5.67 Å². The summed E-state index contributed by atoms with van der Waals surface area (Å²) < 4.78 is 19.1. The van der Waals surface area contributed by atoms with E-state index in [9.17, 15) is 4.39 Å². The van der Waals surface area contributed by atoms with Crippen LogP contribution in [0.15, 0.2) is 18.2 Å². The summed E-state index contributed by atoms with van der Waals surface area (Å²) in [5.74, 6) is 0.781. The number of alkyl halides is 1. The SMILES string of the molecule is COc1ccc2c(c1)CNCC2(C)F. The van der Waals surface area contributed by atoms with Gasteiger partial charge in [0, 0.05) is 13.1 Å². The van der Waals surface area contributed by atoms with Crippen molar-refractivity contribution in [1.82, 2.24) is 5.32 Å². The minimum absolute atomic E-state index is 0.381. The van der Waals surface area contributed by atoms with Gasteiger partial charge in [0.2, 0.25) is 0 Å². The van der Waals surface area contributed by atoms with Crippen molar-refractivity contribution in [1.29, 1.82) is 0 Å². The summed E-state index contributed by atoms with van der Waals surface area (Å²) in [6, 6.07) is 5.51. The van der Waals surface area contributed by atoms with Crippen molar-refractivity contribution < 1.29 is 9.13 Å². The number of rotatable bonds is 1. The highest BCUT2D eigenvalue weighted by atomic mass is 19.1.